The molecule has 1 aliphatic rings. The van der Waals surface area contributed by atoms with Crippen LogP contribution in [-0.2, 0) is 11.3 Å². The van der Waals surface area contributed by atoms with Gasteiger partial charge in [0.15, 0.2) is 5.96 Å². The first-order valence-electron chi connectivity index (χ1n) is 8.71. The minimum atomic E-state index is 0.165. The fourth-order valence-corrected chi connectivity index (χ4v) is 3.60. The molecule has 140 valence electrons. The molecule has 1 aromatic heterocycles. The lowest BCUT2D eigenvalue weighted by molar-refractivity contribution is -0.130. The van der Waals surface area contributed by atoms with Crippen molar-refractivity contribution in [2.75, 3.05) is 40.8 Å². The fraction of sp³-hybridized carbons (Fsp3) is 0.706. The maximum absolute atomic E-state index is 11.8. The molecule has 0 radical (unpaired) electrons. The number of likely N-dealkylation sites (N-methyl/N-ethyl adjacent to an activating group) is 1. The molecule has 8 heteroatoms. The molecule has 0 saturated carbocycles. The molecule has 7 nitrogen and oxygen atoms in total. The molecule has 2 rings (SSSR count). The number of carbonyl (C=O) groups excluding carboxylic acids is 1. The van der Waals surface area contributed by atoms with Gasteiger partial charge in [-0.15, -0.1) is 11.3 Å². The highest BCUT2D eigenvalue weighted by Crippen LogP contribution is 2.16. The molecular formula is C17H30N6OS. The molecule has 0 aliphatic carbocycles. The number of guanidine groups is 1. The number of nitrogens with zero attached hydrogens (tertiary/aromatic N) is 4. The van der Waals surface area contributed by atoms with E-state index in [9.17, 15) is 4.79 Å². The zero-order valence-corrected chi connectivity index (χ0v) is 16.7. The molecule has 0 atom stereocenters. The molecule has 0 bridgehead atoms. The van der Waals surface area contributed by atoms with Gasteiger partial charge in [0.05, 0.1) is 18.8 Å². The van der Waals surface area contributed by atoms with Crippen molar-refractivity contribution in [2.45, 2.75) is 39.3 Å². The molecule has 25 heavy (non-hydrogen) atoms. The number of carbonyl (C=O) groups is 1. The summed E-state index contributed by atoms with van der Waals surface area (Å²) in [5.41, 5.74) is 1.10. The first-order valence-corrected chi connectivity index (χ1v) is 9.53. The Kier molecular flexibility index (Phi) is 7.19. The smallest absolute Gasteiger partial charge is 0.236 e. The van der Waals surface area contributed by atoms with Crippen molar-refractivity contribution in [3.8, 4) is 0 Å². The summed E-state index contributed by atoms with van der Waals surface area (Å²) >= 11 is 1.72. The Hall–Kier alpha value is -1.67. The predicted molar refractivity (Wildman–Crippen MR) is 103 cm³/mol. The van der Waals surface area contributed by atoms with Crippen LogP contribution in [0.15, 0.2) is 4.99 Å². The molecule has 2 N–H and O–H groups in total. The first kappa shape index (κ1) is 19.7. The van der Waals surface area contributed by atoms with Gasteiger partial charge in [-0.3, -0.25) is 14.7 Å². The second-order valence-corrected chi connectivity index (χ2v) is 7.95. The average molecular weight is 367 g/mol. The van der Waals surface area contributed by atoms with E-state index in [0.29, 0.717) is 19.1 Å². The lowest BCUT2D eigenvalue weighted by atomic mass is 10.1. The van der Waals surface area contributed by atoms with Gasteiger partial charge in [0, 0.05) is 45.2 Å². The number of thiazole rings is 1. The number of likely N-dealkylation sites (tertiary alicyclic amines) is 1. The SMILES string of the molecule is CN=C(NCc1nc(C)c(C)s1)NC1CCN(CC(=O)N(C)C)CC1. The number of aromatic nitrogens is 1. The minimum Gasteiger partial charge on any atom is -0.354 e. The van der Waals surface area contributed by atoms with Crippen LogP contribution in [0.1, 0.15) is 28.4 Å². The van der Waals surface area contributed by atoms with Gasteiger partial charge in [0.25, 0.3) is 0 Å². The summed E-state index contributed by atoms with van der Waals surface area (Å²) in [5, 5.41) is 7.91. The fourth-order valence-electron chi connectivity index (χ4n) is 2.73. The molecule has 0 aromatic carbocycles. The van der Waals surface area contributed by atoms with Gasteiger partial charge in [-0.25, -0.2) is 4.98 Å². The number of nitrogens with one attached hydrogen (secondary N) is 2. The predicted octanol–water partition coefficient (Wildman–Crippen LogP) is 0.978. The van der Waals surface area contributed by atoms with Crippen molar-refractivity contribution >= 4 is 23.2 Å². The summed E-state index contributed by atoms with van der Waals surface area (Å²) in [6, 6.07) is 0.386. The largest absolute Gasteiger partial charge is 0.354 e. The second-order valence-electron chi connectivity index (χ2n) is 6.66. The van der Waals surface area contributed by atoms with Crippen molar-refractivity contribution in [1.82, 2.24) is 25.4 Å². The van der Waals surface area contributed by atoms with Gasteiger partial charge in [0.2, 0.25) is 5.91 Å². The van der Waals surface area contributed by atoms with Gasteiger partial charge in [-0.2, -0.15) is 0 Å². The summed E-state index contributed by atoms with van der Waals surface area (Å²) in [4.78, 5) is 25.8. The van der Waals surface area contributed by atoms with Crippen LogP contribution in [0, 0.1) is 13.8 Å². The van der Waals surface area contributed by atoms with Crippen molar-refractivity contribution < 1.29 is 4.79 Å². The Morgan fingerprint density at radius 3 is 2.56 bits per heavy atom. The summed E-state index contributed by atoms with van der Waals surface area (Å²) in [6.07, 6.45) is 2.02. The van der Waals surface area contributed by atoms with Gasteiger partial charge in [-0.05, 0) is 26.7 Å². The number of aliphatic imine (C=N–C) groups is 1. The highest BCUT2D eigenvalue weighted by atomic mass is 32.1. The Balaban J connectivity index is 1.74. The Bertz CT molecular complexity index is 585. The number of aryl methyl sites for hydroxylation is 2. The molecule has 1 aliphatic heterocycles. The van der Waals surface area contributed by atoms with Gasteiger partial charge in [-0.1, -0.05) is 0 Å². The molecule has 1 amide bonds. The zero-order chi connectivity index (χ0) is 18.4. The maximum Gasteiger partial charge on any atom is 0.236 e. The van der Waals surface area contributed by atoms with Crippen molar-refractivity contribution in [2.24, 2.45) is 4.99 Å². The van der Waals surface area contributed by atoms with Crippen LogP contribution >= 0.6 is 11.3 Å². The Labute approximate surface area is 154 Å². The number of piperidine rings is 1. The second kappa shape index (κ2) is 9.15. The van der Waals surface area contributed by atoms with E-state index in [1.807, 2.05) is 6.92 Å². The van der Waals surface area contributed by atoms with Crippen LogP contribution in [0.25, 0.3) is 0 Å². The quantitative estimate of drug-likeness (QED) is 0.600. The van der Waals surface area contributed by atoms with Crippen LogP contribution in [0.2, 0.25) is 0 Å². The highest BCUT2D eigenvalue weighted by Gasteiger charge is 2.22. The molecule has 0 spiro atoms. The molecule has 0 unspecified atom stereocenters. The third-order valence-corrected chi connectivity index (χ3v) is 5.56. The van der Waals surface area contributed by atoms with E-state index in [4.69, 9.17) is 0 Å². The molecule has 1 aromatic rings. The standard InChI is InChI=1S/C17H30N6OS/c1-12-13(2)25-15(20-12)10-19-17(18-3)21-14-6-8-23(9-7-14)11-16(24)22(4)5/h14H,6-11H2,1-5H3,(H2,18,19,21). The van der Waals surface area contributed by atoms with Crippen LogP contribution in [0.3, 0.4) is 0 Å². The third-order valence-electron chi connectivity index (χ3n) is 4.49. The lowest BCUT2D eigenvalue weighted by Gasteiger charge is -2.33. The summed E-state index contributed by atoms with van der Waals surface area (Å²) < 4.78 is 0. The van der Waals surface area contributed by atoms with Crippen LogP contribution in [0.5, 0.6) is 0 Å². The average Bonchev–Trinajstić information content (AvgIpc) is 2.91. The summed E-state index contributed by atoms with van der Waals surface area (Å²) in [7, 11) is 5.40. The number of amides is 1. The zero-order valence-electron chi connectivity index (χ0n) is 15.9. The van der Waals surface area contributed by atoms with Crippen molar-refractivity contribution in [1.29, 1.82) is 0 Å². The van der Waals surface area contributed by atoms with Crippen molar-refractivity contribution in [3.05, 3.63) is 15.6 Å². The van der Waals surface area contributed by atoms with E-state index in [2.05, 4.69) is 32.4 Å². The van der Waals surface area contributed by atoms with Crippen LogP contribution < -0.4 is 10.6 Å². The molecular weight excluding hydrogens is 336 g/mol. The van der Waals surface area contributed by atoms with Crippen LogP contribution in [0.4, 0.5) is 0 Å². The highest BCUT2D eigenvalue weighted by molar-refractivity contribution is 7.11. The van der Waals surface area contributed by atoms with E-state index in [1.165, 1.54) is 4.88 Å². The Morgan fingerprint density at radius 1 is 1.36 bits per heavy atom. The topological polar surface area (TPSA) is 72.9 Å². The third kappa shape index (κ3) is 5.97. The van der Waals surface area contributed by atoms with Gasteiger partial charge in [0.1, 0.15) is 5.01 Å². The van der Waals surface area contributed by atoms with E-state index in [0.717, 1.165) is 42.6 Å². The van der Waals surface area contributed by atoms with Crippen molar-refractivity contribution in [3.63, 3.8) is 0 Å². The van der Waals surface area contributed by atoms with E-state index < -0.39 is 0 Å². The lowest BCUT2D eigenvalue weighted by Crippen LogP contribution is -2.49. The summed E-state index contributed by atoms with van der Waals surface area (Å²) in [6.45, 7) is 7.19. The number of hydrogen-bond acceptors (Lipinski definition) is 5. The first-order chi connectivity index (χ1) is 11.9. The normalized spacial score (nSPS) is 16.8. The summed E-state index contributed by atoms with van der Waals surface area (Å²) in [5.74, 6) is 0.978. The van der Waals surface area contributed by atoms with Gasteiger partial charge >= 0.3 is 0 Å². The molecule has 2 heterocycles. The monoisotopic (exact) mass is 366 g/mol. The van der Waals surface area contributed by atoms with E-state index in [-0.39, 0.29) is 5.91 Å². The van der Waals surface area contributed by atoms with Crippen LogP contribution in [-0.4, -0.2) is 73.5 Å². The molecule has 1 fully saturated rings. The minimum absolute atomic E-state index is 0.165. The molecule has 1 saturated heterocycles. The van der Waals surface area contributed by atoms with E-state index in [1.54, 1.807) is 37.4 Å². The van der Waals surface area contributed by atoms with Gasteiger partial charge < -0.3 is 15.5 Å². The Morgan fingerprint density at radius 2 is 2.04 bits per heavy atom. The van der Waals surface area contributed by atoms with E-state index >= 15 is 0 Å². The maximum atomic E-state index is 11.8. The number of rotatable bonds is 5. The number of hydrogen-bond donors (Lipinski definition) is 2.